The fourth-order valence-corrected chi connectivity index (χ4v) is 3.81. The zero-order valence-corrected chi connectivity index (χ0v) is 15.7. The van der Waals surface area contributed by atoms with Crippen molar-refractivity contribution >= 4 is 29.3 Å². The molecule has 2 amide bonds. The molecule has 8 heteroatoms. The lowest BCUT2D eigenvalue weighted by atomic mass is 10.2. The van der Waals surface area contributed by atoms with Gasteiger partial charge < -0.3 is 10.2 Å². The van der Waals surface area contributed by atoms with Gasteiger partial charge in [-0.2, -0.15) is 0 Å². The van der Waals surface area contributed by atoms with E-state index in [2.05, 4.69) is 15.5 Å². The molecule has 1 aromatic carbocycles. The third kappa shape index (κ3) is 4.85. The Balaban J connectivity index is 1.67. The molecule has 7 nitrogen and oxygen atoms in total. The van der Waals surface area contributed by atoms with E-state index in [1.54, 1.807) is 6.33 Å². The molecule has 0 bridgehead atoms. The van der Waals surface area contributed by atoms with Crippen molar-refractivity contribution in [1.82, 2.24) is 19.7 Å². The van der Waals surface area contributed by atoms with E-state index in [1.807, 2.05) is 33.7 Å². The number of anilines is 1. The number of likely N-dealkylation sites (tertiary alicyclic amines) is 1. The van der Waals surface area contributed by atoms with Crippen LogP contribution in [0, 0.1) is 0 Å². The second-order valence-electron chi connectivity index (χ2n) is 6.30. The Kier molecular flexibility index (Phi) is 6.27. The van der Waals surface area contributed by atoms with Crippen molar-refractivity contribution in [3.63, 3.8) is 0 Å². The SMILES string of the molecule is CC(=O)Nc1cccc(-n2cnnc2SCC(=O)N2CCCCCC2)c1. The van der Waals surface area contributed by atoms with Crippen LogP contribution in [0.3, 0.4) is 0 Å². The molecule has 0 spiro atoms. The number of rotatable bonds is 5. The summed E-state index contributed by atoms with van der Waals surface area (Å²) in [6, 6.07) is 7.45. The Morgan fingerprint density at radius 3 is 2.69 bits per heavy atom. The van der Waals surface area contributed by atoms with Gasteiger partial charge in [0.15, 0.2) is 5.16 Å². The first-order valence-electron chi connectivity index (χ1n) is 8.82. The monoisotopic (exact) mass is 373 g/mol. The first kappa shape index (κ1) is 18.4. The lowest BCUT2D eigenvalue weighted by Gasteiger charge is -2.19. The first-order valence-corrected chi connectivity index (χ1v) is 9.80. The van der Waals surface area contributed by atoms with Crippen LogP contribution in [-0.2, 0) is 9.59 Å². The van der Waals surface area contributed by atoms with Gasteiger partial charge in [0.2, 0.25) is 11.8 Å². The van der Waals surface area contributed by atoms with Crippen molar-refractivity contribution in [2.45, 2.75) is 37.8 Å². The van der Waals surface area contributed by atoms with E-state index in [9.17, 15) is 9.59 Å². The molecule has 0 radical (unpaired) electrons. The zero-order valence-electron chi connectivity index (χ0n) is 14.9. The average Bonchev–Trinajstić information content (AvgIpc) is 2.92. The molecule has 2 aromatic rings. The summed E-state index contributed by atoms with van der Waals surface area (Å²) in [5.41, 5.74) is 1.55. The highest BCUT2D eigenvalue weighted by atomic mass is 32.2. The second-order valence-corrected chi connectivity index (χ2v) is 7.24. The van der Waals surface area contributed by atoms with Crippen molar-refractivity contribution in [3.05, 3.63) is 30.6 Å². The molecule has 3 rings (SSSR count). The standard InChI is InChI=1S/C18H23N5O2S/c1-14(24)20-15-7-6-8-16(11-15)23-13-19-21-18(23)26-12-17(25)22-9-4-2-3-5-10-22/h6-8,11,13H,2-5,9-10,12H2,1H3,(H,20,24). The third-order valence-corrected chi connectivity index (χ3v) is 5.17. The first-order chi connectivity index (χ1) is 12.6. The maximum atomic E-state index is 12.5. The highest BCUT2D eigenvalue weighted by molar-refractivity contribution is 7.99. The van der Waals surface area contributed by atoms with Crippen LogP contribution < -0.4 is 5.32 Å². The van der Waals surface area contributed by atoms with E-state index >= 15 is 0 Å². The summed E-state index contributed by atoms with van der Waals surface area (Å²) in [4.78, 5) is 25.7. The van der Waals surface area contributed by atoms with Gasteiger partial charge in [0.1, 0.15) is 6.33 Å². The highest BCUT2D eigenvalue weighted by Gasteiger charge is 2.17. The fourth-order valence-electron chi connectivity index (χ4n) is 2.97. The lowest BCUT2D eigenvalue weighted by molar-refractivity contribution is -0.128. The van der Waals surface area contributed by atoms with Gasteiger partial charge in [0.05, 0.1) is 11.4 Å². The zero-order chi connectivity index (χ0) is 18.4. The Labute approximate surface area is 157 Å². The number of carbonyl (C=O) groups excluding carboxylic acids is 2. The van der Waals surface area contributed by atoms with E-state index in [-0.39, 0.29) is 11.8 Å². The highest BCUT2D eigenvalue weighted by Crippen LogP contribution is 2.22. The van der Waals surface area contributed by atoms with Gasteiger partial charge in [-0.15, -0.1) is 10.2 Å². The Bertz CT molecular complexity index is 768. The molecule has 1 fully saturated rings. The van der Waals surface area contributed by atoms with Crippen LogP contribution in [0.15, 0.2) is 35.7 Å². The summed E-state index contributed by atoms with van der Waals surface area (Å²) in [5.74, 6) is 0.381. The fraction of sp³-hybridized carbons (Fsp3) is 0.444. The molecule has 1 aliphatic heterocycles. The Morgan fingerprint density at radius 1 is 1.19 bits per heavy atom. The van der Waals surface area contributed by atoms with Crippen LogP contribution in [0.5, 0.6) is 0 Å². The molecule has 1 aromatic heterocycles. The van der Waals surface area contributed by atoms with Gasteiger partial charge in [0.25, 0.3) is 0 Å². The topological polar surface area (TPSA) is 80.1 Å². The van der Waals surface area contributed by atoms with Gasteiger partial charge in [-0.3, -0.25) is 14.2 Å². The van der Waals surface area contributed by atoms with Crippen LogP contribution in [-0.4, -0.2) is 50.3 Å². The number of carbonyl (C=O) groups is 2. The quantitative estimate of drug-likeness (QED) is 0.815. The molecule has 0 unspecified atom stereocenters. The van der Waals surface area contributed by atoms with Crippen LogP contribution in [0.2, 0.25) is 0 Å². The number of nitrogens with zero attached hydrogens (tertiary/aromatic N) is 4. The number of aromatic nitrogens is 3. The van der Waals surface area contributed by atoms with E-state index < -0.39 is 0 Å². The number of benzene rings is 1. The van der Waals surface area contributed by atoms with Crippen LogP contribution in [0.4, 0.5) is 5.69 Å². The molecule has 1 N–H and O–H groups in total. The number of thioether (sulfide) groups is 1. The number of hydrogen-bond donors (Lipinski definition) is 1. The summed E-state index contributed by atoms with van der Waals surface area (Å²) < 4.78 is 1.83. The minimum Gasteiger partial charge on any atom is -0.342 e. The van der Waals surface area contributed by atoms with Gasteiger partial charge in [-0.05, 0) is 31.0 Å². The predicted molar refractivity (Wildman–Crippen MR) is 101 cm³/mol. The van der Waals surface area contributed by atoms with Crippen molar-refractivity contribution < 1.29 is 9.59 Å². The summed E-state index contributed by atoms with van der Waals surface area (Å²) in [6.45, 7) is 3.18. The molecular formula is C18H23N5O2S. The third-order valence-electron chi connectivity index (χ3n) is 4.24. The van der Waals surface area contributed by atoms with Crippen LogP contribution in [0.1, 0.15) is 32.6 Å². The van der Waals surface area contributed by atoms with Crippen molar-refractivity contribution in [1.29, 1.82) is 0 Å². The molecular weight excluding hydrogens is 350 g/mol. The molecule has 2 heterocycles. The largest absolute Gasteiger partial charge is 0.342 e. The molecule has 0 atom stereocenters. The Hall–Kier alpha value is -2.35. The normalized spacial score (nSPS) is 14.7. The van der Waals surface area contributed by atoms with E-state index in [4.69, 9.17) is 0 Å². The minimum absolute atomic E-state index is 0.122. The molecule has 1 saturated heterocycles. The summed E-state index contributed by atoms with van der Waals surface area (Å²) in [7, 11) is 0. The van der Waals surface area contributed by atoms with Gasteiger partial charge >= 0.3 is 0 Å². The molecule has 0 aliphatic carbocycles. The summed E-state index contributed by atoms with van der Waals surface area (Å²) >= 11 is 1.39. The van der Waals surface area contributed by atoms with E-state index in [1.165, 1.54) is 31.5 Å². The van der Waals surface area contributed by atoms with Crippen LogP contribution in [0.25, 0.3) is 5.69 Å². The summed E-state index contributed by atoms with van der Waals surface area (Å²) in [6.07, 6.45) is 6.20. The molecule has 26 heavy (non-hydrogen) atoms. The molecule has 138 valence electrons. The number of amides is 2. The van der Waals surface area contributed by atoms with Gasteiger partial charge in [-0.1, -0.05) is 30.7 Å². The van der Waals surface area contributed by atoms with Crippen LogP contribution >= 0.6 is 11.8 Å². The molecule has 1 aliphatic rings. The van der Waals surface area contributed by atoms with Gasteiger partial charge in [0, 0.05) is 25.7 Å². The van der Waals surface area contributed by atoms with Crippen molar-refractivity contribution in [2.75, 3.05) is 24.2 Å². The maximum Gasteiger partial charge on any atom is 0.233 e. The predicted octanol–water partition coefficient (Wildman–Crippen LogP) is 2.72. The minimum atomic E-state index is -0.122. The average molecular weight is 373 g/mol. The second kappa shape index (κ2) is 8.84. The number of nitrogens with one attached hydrogen (secondary N) is 1. The van der Waals surface area contributed by atoms with Crippen molar-refractivity contribution in [3.8, 4) is 5.69 Å². The summed E-state index contributed by atoms with van der Waals surface area (Å²) in [5, 5.41) is 11.5. The van der Waals surface area contributed by atoms with E-state index in [0.717, 1.165) is 31.6 Å². The maximum absolute atomic E-state index is 12.5. The van der Waals surface area contributed by atoms with Crippen molar-refractivity contribution in [2.24, 2.45) is 0 Å². The Morgan fingerprint density at radius 2 is 1.96 bits per heavy atom. The smallest absolute Gasteiger partial charge is 0.233 e. The lowest BCUT2D eigenvalue weighted by Crippen LogP contribution is -2.33. The van der Waals surface area contributed by atoms with E-state index in [0.29, 0.717) is 16.6 Å². The number of hydrogen-bond acceptors (Lipinski definition) is 5. The van der Waals surface area contributed by atoms with Gasteiger partial charge in [-0.25, -0.2) is 0 Å². The molecule has 0 saturated carbocycles.